The molecule has 0 aliphatic carbocycles. The summed E-state index contributed by atoms with van der Waals surface area (Å²) in [7, 11) is -1.90. The van der Waals surface area contributed by atoms with Crippen molar-refractivity contribution < 1.29 is 13.2 Å². The van der Waals surface area contributed by atoms with Gasteiger partial charge >= 0.3 is 0 Å². The van der Waals surface area contributed by atoms with Gasteiger partial charge in [-0.25, -0.2) is 23.5 Å². The number of rotatable bonds is 7. The second-order valence-corrected chi connectivity index (χ2v) is 7.80. The fourth-order valence-electron chi connectivity index (χ4n) is 3.05. The minimum atomic E-state index is -3.58. The Morgan fingerprint density at radius 1 is 1.38 bits per heavy atom. The highest BCUT2D eigenvalue weighted by molar-refractivity contribution is 7.88. The number of aromatic nitrogens is 3. The number of sulfonamides is 1. The first-order valence-corrected chi connectivity index (χ1v) is 9.97. The number of hydrogen-bond donors (Lipinski definition) is 2. The normalized spacial score (nSPS) is 17.5. The molecule has 9 nitrogen and oxygen atoms in total. The number of nitrogens with one attached hydrogen (secondary N) is 1. The molecule has 26 heavy (non-hydrogen) atoms. The SMILES string of the molecule is COC[C@H]1CCCN1c1ncnc(Nc2cccc(CS(N)(=O)=O)c2)n1. The van der Waals surface area contributed by atoms with E-state index in [0.29, 0.717) is 29.8 Å². The topological polar surface area (TPSA) is 123 Å². The van der Waals surface area contributed by atoms with Crippen molar-refractivity contribution >= 4 is 27.6 Å². The second kappa shape index (κ2) is 7.94. The highest BCUT2D eigenvalue weighted by Crippen LogP contribution is 2.23. The molecule has 1 atom stereocenters. The standard InChI is InChI=1S/C16H22N6O3S/c1-25-9-14-6-3-7-22(14)16-19-11-18-15(21-16)20-13-5-2-4-12(8-13)10-26(17,23)24/h2,4-5,8,11,14H,3,6-7,9-10H2,1H3,(H2,17,23,24)(H,18,19,20,21)/t14-/m1/s1. The van der Waals surface area contributed by atoms with Gasteiger partial charge in [0.2, 0.25) is 21.9 Å². The van der Waals surface area contributed by atoms with Crippen LogP contribution >= 0.6 is 0 Å². The Bertz CT molecular complexity index is 861. The van der Waals surface area contributed by atoms with Crippen molar-refractivity contribution in [1.82, 2.24) is 15.0 Å². The molecule has 0 amide bonds. The number of benzene rings is 1. The molecule has 1 saturated heterocycles. The van der Waals surface area contributed by atoms with E-state index in [1.165, 1.54) is 6.33 Å². The molecule has 1 aromatic carbocycles. The fraction of sp³-hybridized carbons (Fsp3) is 0.438. The molecule has 0 spiro atoms. The first kappa shape index (κ1) is 18.5. The summed E-state index contributed by atoms with van der Waals surface area (Å²) in [6, 6.07) is 7.22. The molecule has 2 aromatic rings. The molecule has 1 aliphatic heterocycles. The minimum absolute atomic E-state index is 0.225. The summed E-state index contributed by atoms with van der Waals surface area (Å²) < 4.78 is 27.8. The quantitative estimate of drug-likeness (QED) is 0.732. The third-order valence-corrected chi connectivity index (χ3v) is 4.84. The van der Waals surface area contributed by atoms with Gasteiger partial charge in [-0.3, -0.25) is 0 Å². The molecule has 1 aromatic heterocycles. The summed E-state index contributed by atoms with van der Waals surface area (Å²) in [4.78, 5) is 15.0. The Morgan fingerprint density at radius 2 is 2.23 bits per heavy atom. The van der Waals surface area contributed by atoms with Crippen LogP contribution in [0.1, 0.15) is 18.4 Å². The average Bonchev–Trinajstić information content (AvgIpc) is 3.02. The third kappa shape index (κ3) is 4.87. The van der Waals surface area contributed by atoms with Gasteiger partial charge in [0.05, 0.1) is 18.4 Å². The van der Waals surface area contributed by atoms with Crippen LogP contribution < -0.4 is 15.4 Å². The molecule has 0 saturated carbocycles. The lowest BCUT2D eigenvalue weighted by Crippen LogP contribution is -2.34. The molecule has 140 valence electrons. The fourth-order valence-corrected chi connectivity index (χ4v) is 3.70. The van der Waals surface area contributed by atoms with Gasteiger partial charge in [-0.15, -0.1) is 0 Å². The van der Waals surface area contributed by atoms with Crippen molar-refractivity contribution in [3.8, 4) is 0 Å². The highest BCUT2D eigenvalue weighted by Gasteiger charge is 2.26. The summed E-state index contributed by atoms with van der Waals surface area (Å²) in [5, 5.41) is 8.19. The van der Waals surface area contributed by atoms with E-state index in [9.17, 15) is 8.42 Å². The predicted molar refractivity (Wildman–Crippen MR) is 98.6 cm³/mol. The zero-order chi connectivity index (χ0) is 18.6. The van der Waals surface area contributed by atoms with E-state index in [0.717, 1.165) is 19.4 Å². The van der Waals surface area contributed by atoms with Crippen LogP contribution in [0.2, 0.25) is 0 Å². The molecule has 0 bridgehead atoms. The Morgan fingerprint density at radius 3 is 3.00 bits per heavy atom. The zero-order valence-electron chi connectivity index (χ0n) is 14.5. The van der Waals surface area contributed by atoms with Gasteiger partial charge in [0, 0.05) is 19.3 Å². The van der Waals surface area contributed by atoms with Crippen molar-refractivity contribution in [3.05, 3.63) is 36.2 Å². The minimum Gasteiger partial charge on any atom is -0.383 e. The first-order chi connectivity index (χ1) is 12.4. The lowest BCUT2D eigenvalue weighted by atomic mass is 10.2. The summed E-state index contributed by atoms with van der Waals surface area (Å²) >= 11 is 0. The lowest BCUT2D eigenvalue weighted by molar-refractivity contribution is 0.180. The molecule has 10 heteroatoms. The Kier molecular flexibility index (Phi) is 5.64. The molecular weight excluding hydrogens is 356 g/mol. The smallest absolute Gasteiger partial charge is 0.231 e. The number of primary sulfonamides is 1. The lowest BCUT2D eigenvalue weighted by Gasteiger charge is -2.23. The van der Waals surface area contributed by atoms with Crippen LogP contribution in [0, 0.1) is 0 Å². The second-order valence-electron chi connectivity index (χ2n) is 6.19. The monoisotopic (exact) mass is 378 g/mol. The molecule has 3 rings (SSSR count). The molecular formula is C16H22N6O3S. The van der Waals surface area contributed by atoms with E-state index in [1.54, 1.807) is 31.4 Å². The first-order valence-electron chi connectivity index (χ1n) is 8.25. The highest BCUT2D eigenvalue weighted by atomic mass is 32.2. The Labute approximate surface area is 152 Å². The van der Waals surface area contributed by atoms with E-state index in [2.05, 4.69) is 25.2 Å². The van der Waals surface area contributed by atoms with Crippen molar-refractivity contribution in [2.75, 3.05) is 30.5 Å². The summed E-state index contributed by atoms with van der Waals surface area (Å²) in [5.74, 6) is 0.769. The number of methoxy groups -OCH3 is 1. The van der Waals surface area contributed by atoms with E-state index in [1.807, 2.05) is 0 Å². The number of nitrogens with zero attached hydrogens (tertiary/aromatic N) is 4. The summed E-state index contributed by atoms with van der Waals surface area (Å²) in [6.07, 6.45) is 3.57. The average molecular weight is 378 g/mol. The van der Waals surface area contributed by atoms with Crippen molar-refractivity contribution in [2.45, 2.75) is 24.6 Å². The molecule has 0 radical (unpaired) electrons. The van der Waals surface area contributed by atoms with E-state index < -0.39 is 10.0 Å². The van der Waals surface area contributed by atoms with Crippen LogP contribution in [0.5, 0.6) is 0 Å². The maximum Gasteiger partial charge on any atom is 0.231 e. The predicted octanol–water partition coefficient (Wildman–Crippen LogP) is 1.02. The van der Waals surface area contributed by atoms with Crippen LogP contribution in [0.4, 0.5) is 17.6 Å². The van der Waals surface area contributed by atoms with Crippen molar-refractivity contribution in [3.63, 3.8) is 0 Å². The van der Waals surface area contributed by atoms with Crippen LogP contribution in [0.25, 0.3) is 0 Å². The molecule has 0 unspecified atom stereocenters. The van der Waals surface area contributed by atoms with Crippen LogP contribution in [-0.4, -0.2) is 49.7 Å². The van der Waals surface area contributed by atoms with Gasteiger partial charge in [-0.2, -0.15) is 4.98 Å². The van der Waals surface area contributed by atoms with Gasteiger partial charge < -0.3 is 15.0 Å². The van der Waals surface area contributed by atoms with Gasteiger partial charge in [-0.05, 0) is 30.5 Å². The number of anilines is 3. The largest absolute Gasteiger partial charge is 0.383 e. The Balaban J connectivity index is 1.76. The zero-order valence-corrected chi connectivity index (χ0v) is 15.3. The maximum absolute atomic E-state index is 11.3. The molecule has 2 heterocycles. The van der Waals surface area contributed by atoms with E-state index in [-0.39, 0.29) is 11.8 Å². The van der Waals surface area contributed by atoms with Crippen molar-refractivity contribution in [2.24, 2.45) is 5.14 Å². The van der Waals surface area contributed by atoms with Gasteiger partial charge in [0.15, 0.2) is 0 Å². The number of hydrogen-bond acceptors (Lipinski definition) is 8. The van der Waals surface area contributed by atoms with Gasteiger partial charge in [0.1, 0.15) is 6.33 Å². The molecule has 3 N–H and O–H groups in total. The summed E-state index contributed by atoms with van der Waals surface area (Å²) in [6.45, 7) is 1.51. The van der Waals surface area contributed by atoms with E-state index in [4.69, 9.17) is 9.88 Å². The maximum atomic E-state index is 11.3. The van der Waals surface area contributed by atoms with Crippen LogP contribution in [-0.2, 0) is 20.5 Å². The Hall–Kier alpha value is -2.30. The summed E-state index contributed by atoms with van der Waals surface area (Å²) in [5.41, 5.74) is 1.27. The number of nitrogens with two attached hydrogens (primary N) is 1. The van der Waals surface area contributed by atoms with E-state index >= 15 is 0 Å². The third-order valence-electron chi connectivity index (χ3n) is 4.10. The molecule has 1 aliphatic rings. The van der Waals surface area contributed by atoms with Gasteiger partial charge in [0.25, 0.3) is 0 Å². The van der Waals surface area contributed by atoms with Crippen LogP contribution in [0.15, 0.2) is 30.6 Å². The molecule has 1 fully saturated rings. The van der Waals surface area contributed by atoms with Crippen molar-refractivity contribution in [1.29, 1.82) is 0 Å². The number of ether oxygens (including phenoxy) is 1. The van der Waals surface area contributed by atoms with Gasteiger partial charge in [-0.1, -0.05) is 12.1 Å². The van der Waals surface area contributed by atoms with Crippen LogP contribution in [0.3, 0.4) is 0 Å².